The van der Waals surface area contributed by atoms with Crippen molar-refractivity contribution in [1.29, 1.82) is 0 Å². The molecule has 0 amide bonds. The van der Waals surface area contributed by atoms with E-state index in [1.54, 1.807) is 0 Å². The van der Waals surface area contributed by atoms with Gasteiger partial charge in [-0.15, -0.1) is 0 Å². The van der Waals surface area contributed by atoms with Crippen molar-refractivity contribution < 1.29 is 28.6 Å². The summed E-state index contributed by atoms with van der Waals surface area (Å²) in [7, 11) is 0. The average Bonchev–Trinajstić information content (AvgIpc) is 3.28. The smallest absolute Gasteiger partial charge is 0.306 e. The Kier molecular flexibility index (Phi) is 46.7. The van der Waals surface area contributed by atoms with Crippen molar-refractivity contribution in [1.82, 2.24) is 0 Å². The number of hydrogen-bond donors (Lipinski definition) is 0. The summed E-state index contributed by atoms with van der Waals surface area (Å²) in [6, 6.07) is 0. The number of allylic oxidation sites excluding steroid dienone is 22. The Bertz CT molecular complexity index is 1420. The Balaban J connectivity index is 4.61. The highest BCUT2D eigenvalue weighted by Crippen LogP contribution is 2.12. The molecule has 6 nitrogen and oxygen atoms in total. The van der Waals surface area contributed by atoms with Crippen LogP contribution in [0.2, 0.25) is 0 Å². The molecule has 0 saturated heterocycles. The van der Waals surface area contributed by atoms with Gasteiger partial charge in [0.05, 0.1) is 0 Å². The van der Waals surface area contributed by atoms with Gasteiger partial charge < -0.3 is 14.2 Å². The molecule has 0 spiro atoms. The third-order valence-electron chi connectivity index (χ3n) is 9.75. The van der Waals surface area contributed by atoms with Crippen molar-refractivity contribution in [2.75, 3.05) is 13.2 Å². The molecular weight excluding hydrogens is 781 g/mol. The second kappa shape index (κ2) is 50.2. The summed E-state index contributed by atoms with van der Waals surface area (Å²) in [5, 5.41) is 0. The van der Waals surface area contributed by atoms with Gasteiger partial charge in [-0.3, -0.25) is 14.4 Å². The standard InChI is InChI=1S/C57H88O6/c1-4-7-10-13-16-19-22-25-27-28-30-32-35-38-41-44-47-50-56(59)62-53-54(52-61-55(58)49-46-43-40-37-34-31-24-21-18-15-12-9-6-3)63-57(60)51-48-45-42-39-36-33-29-26-23-20-17-14-11-8-5-2/h7,9-10,12,15-16,18-21,23-25,27,30-32,34,37-38,40-41,54H,4-6,8,11,13-14,17,22,26,28-29,33,35-36,39,42-53H2,1-3H3/b10-7+,12-9+,18-15+,19-16+,23-20+,24-21+,27-25+,32-30+,34-31+,40-37+,41-38+. The third-order valence-corrected chi connectivity index (χ3v) is 9.75. The van der Waals surface area contributed by atoms with Crippen LogP contribution in [0.4, 0.5) is 0 Å². The van der Waals surface area contributed by atoms with Gasteiger partial charge in [-0.2, -0.15) is 0 Å². The lowest BCUT2D eigenvalue weighted by molar-refractivity contribution is -0.167. The Morgan fingerprint density at radius 1 is 0.349 bits per heavy atom. The van der Waals surface area contributed by atoms with Gasteiger partial charge in [0.1, 0.15) is 13.2 Å². The Hall–Kier alpha value is -4.45. The van der Waals surface area contributed by atoms with Crippen LogP contribution in [0.1, 0.15) is 188 Å². The molecule has 0 aliphatic rings. The minimum Gasteiger partial charge on any atom is -0.462 e. The molecule has 6 heteroatoms. The molecule has 0 heterocycles. The minimum absolute atomic E-state index is 0.137. The number of hydrogen-bond acceptors (Lipinski definition) is 6. The van der Waals surface area contributed by atoms with Gasteiger partial charge in [-0.1, -0.05) is 206 Å². The zero-order chi connectivity index (χ0) is 45.8. The lowest BCUT2D eigenvalue weighted by Gasteiger charge is -2.18. The predicted octanol–water partition coefficient (Wildman–Crippen LogP) is 16.3. The maximum absolute atomic E-state index is 12.8. The van der Waals surface area contributed by atoms with Gasteiger partial charge in [0, 0.05) is 19.3 Å². The normalized spacial score (nSPS) is 13.3. The predicted molar refractivity (Wildman–Crippen MR) is 269 cm³/mol. The van der Waals surface area contributed by atoms with Crippen LogP contribution in [0, 0.1) is 0 Å². The number of unbranched alkanes of at least 4 members (excludes halogenated alkanes) is 13. The highest BCUT2D eigenvalue weighted by Gasteiger charge is 2.19. The first-order valence-corrected chi connectivity index (χ1v) is 24.8. The first-order chi connectivity index (χ1) is 31.0. The number of carbonyl (C=O) groups is 3. The van der Waals surface area contributed by atoms with Gasteiger partial charge in [-0.25, -0.2) is 0 Å². The SMILES string of the molecule is CC/C=C/C=C/C=C/C=C/C=C/CCCC(=O)OCC(COC(=O)CCC/C=C/C/C=C/C/C=C/C/C=C/C/C=C/CC)OC(=O)CCCCCCCCC/C=C/CCCCCC. The molecule has 0 bridgehead atoms. The zero-order valence-corrected chi connectivity index (χ0v) is 40.0. The summed E-state index contributed by atoms with van der Waals surface area (Å²) < 4.78 is 16.6. The highest BCUT2D eigenvalue weighted by molar-refractivity contribution is 5.71. The molecule has 0 rings (SSSR count). The highest BCUT2D eigenvalue weighted by atomic mass is 16.6. The molecule has 1 unspecified atom stereocenters. The van der Waals surface area contributed by atoms with Crippen LogP contribution < -0.4 is 0 Å². The molecule has 0 aliphatic carbocycles. The first kappa shape index (κ1) is 58.6. The van der Waals surface area contributed by atoms with Crippen LogP contribution in [-0.2, 0) is 28.6 Å². The van der Waals surface area contributed by atoms with Crippen molar-refractivity contribution in [3.8, 4) is 0 Å². The zero-order valence-electron chi connectivity index (χ0n) is 40.0. The van der Waals surface area contributed by atoms with E-state index in [4.69, 9.17) is 14.2 Å². The molecule has 0 saturated carbocycles. The van der Waals surface area contributed by atoms with E-state index < -0.39 is 6.10 Å². The molecule has 0 radical (unpaired) electrons. The summed E-state index contributed by atoms with van der Waals surface area (Å²) >= 11 is 0. The summed E-state index contributed by atoms with van der Waals surface area (Å²) in [6.07, 6.45) is 70.2. The van der Waals surface area contributed by atoms with Crippen molar-refractivity contribution in [3.05, 3.63) is 134 Å². The van der Waals surface area contributed by atoms with Crippen LogP contribution in [0.3, 0.4) is 0 Å². The number of rotatable bonds is 42. The van der Waals surface area contributed by atoms with E-state index in [-0.39, 0.29) is 50.4 Å². The van der Waals surface area contributed by atoms with E-state index >= 15 is 0 Å². The van der Waals surface area contributed by atoms with Crippen LogP contribution in [-0.4, -0.2) is 37.2 Å². The summed E-state index contributed by atoms with van der Waals surface area (Å²) in [6.45, 7) is 6.22. The maximum atomic E-state index is 12.8. The molecule has 352 valence electrons. The fourth-order valence-corrected chi connectivity index (χ4v) is 6.09. The van der Waals surface area contributed by atoms with Crippen molar-refractivity contribution in [3.63, 3.8) is 0 Å². The fraction of sp³-hybridized carbons (Fsp3) is 0.561. The Labute approximate surface area is 385 Å². The van der Waals surface area contributed by atoms with Crippen LogP contribution in [0.15, 0.2) is 134 Å². The molecule has 0 aromatic heterocycles. The second-order valence-corrected chi connectivity index (χ2v) is 15.7. The number of esters is 3. The van der Waals surface area contributed by atoms with E-state index in [9.17, 15) is 14.4 Å². The van der Waals surface area contributed by atoms with Gasteiger partial charge in [0.2, 0.25) is 0 Å². The van der Waals surface area contributed by atoms with E-state index in [0.29, 0.717) is 12.8 Å². The van der Waals surface area contributed by atoms with Gasteiger partial charge in [-0.05, 0) is 96.3 Å². The number of carbonyl (C=O) groups excluding carboxylic acids is 3. The summed E-state index contributed by atoms with van der Waals surface area (Å²) in [5.41, 5.74) is 0. The molecule has 0 aromatic carbocycles. The van der Waals surface area contributed by atoms with Gasteiger partial charge in [0.25, 0.3) is 0 Å². The Morgan fingerprint density at radius 2 is 0.714 bits per heavy atom. The van der Waals surface area contributed by atoms with E-state index in [1.807, 2.05) is 54.7 Å². The van der Waals surface area contributed by atoms with Crippen molar-refractivity contribution in [2.24, 2.45) is 0 Å². The third kappa shape index (κ3) is 48.4. The largest absolute Gasteiger partial charge is 0.462 e. The first-order valence-electron chi connectivity index (χ1n) is 24.8. The molecular formula is C57H88O6. The van der Waals surface area contributed by atoms with E-state index in [0.717, 1.165) is 70.6 Å². The van der Waals surface area contributed by atoms with E-state index in [1.165, 1.54) is 64.2 Å². The van der Waals surface area contributed by atoms with Crippen molar-refractivity contribution in [2.45, 2.75) is 194 Å². The molecule has 0 fully saturated rings. The monoisotopic (exact) mass is 869 g/mol. The topological polar surface area (TPSA) is 78.9 Å². The van der Waals surface area contributed by atoms with Crippen LogP contribution in [0.5, 0.6) is 0 Å². The van der Waals surface area contributed by atoms with Gasteiger partial charge in [0.15, 0.2) is 6.10 Å². The van der Waals surface area contributed by atoms with E-state index in [2.05, 4.69) is 99.8 Å². The lowest BCUT2D eigenvalue weighted by atomic mass is 10.1. The maximum Gasteiger partial charge on any atom is 0.306 e. The summed E-state index contributed by atoms with van der Waals surface area (Å²) in [5.74, 6) is -1.08. The second-order valence-electron chi connectivity index (χ2n) is 15.7. The molecule has 0 aliphatic heterocycles. The molecule has 0 N–H and O–H groups in total. The average molecular weight is 869 g/mol. The summed E-state index contributed by atoms with van der Waals surface area (Å²) in [4.78, 5) is 37.9. The Morgan fingerprint density at radius 3 is 1.22 bits per heavy atom. The minimum atomic E-state index is -0.836. The van der Waals surface area contributed by atoms with Crippen molar-refractivity contribution >= 4 is 17.9 Å². The number of ether oxygens (including phenoxy) is 3. The van der Waals surface area contributed by atoms with Crippen LogP contribution >= 0.6 is 0 Å². The fourth-order valence-electron chi connectivity index (χ4n) is 6.09. The lowest BCUT2D eigenvalue weighted by Crippen LogP contribution is -2.30. The quantitative estimate of drug-likeness (QED) is 0.0200. The molecule has 0 aromatic rings. The van der Waals surface area contributed by atoms with Gasteiger partial charge >= 0.3 is 17.9 Å². The molecule has 63 heavy (non-hydrogen) atoms. The van der Waals surface area contributed by atoms with Crippen LogP contribution in [0.25, 0.3) is 0 Å². The molecule has 1 atom stereocenters.